The summed E-state index contributed by atoms with van der Waals surface area (Å²) in [7, 11) is 12.3. The van der Waals surface area contributed by atoms with Crippen molar-refractivity contribution in [1.29, 1.82) is 0 Å². The molecule has 0 unspecified atom stereocenters. The highest BCUT2D eigenvalue weighted by atomic mass is 16.5. The van der Waals surface area contributed by atoms with Gasteiger partial charge >= 0.3 is 11.9 Å². The monoisotopic (exact) mass is 972 g/mol. The lowest BCUT2D eigenvalue weighted by Gasteiger charge is -2.46. The second-order valence-electron chi connectivity index (χ2n) is 18.6. The number of rotatable bonds is 24. The zero-order valence-electron chi connectivity index (χ0n) is 41.8. The number of aliphatic hydroxyl groups excluding tert-OH is 5. The molecule has 4 aromatic rings. The fraction of sp³-hybridized carbons (Fsp3) is 0.481. The molecule has 2 aliphatic heterocycles. The maximum Gasteiger partial charge on any atom is 0.331 e. The number of carbonyl (C=O) groups excluding carboxylic acids is 2. The molecular weight excluding hydrogens is 901 g/mol. The zero-order valence-corrected chi connectivity index (χ0v) is 41.8. The number of aliphatic hydroxyl groups is 5. The molecule has 0 bridgehead atoms. The summed E-state index contributed by atoms with van der Waals surface area (Å²) in [6.45, 7) is 2.01. The van der Waals surface area contributed by atoms with Gasteiger partial charge in [-0.1, -0.05) is 12.1 Å². The zero-order chi connectivity index (χ0) is 50.6. The van der Waals surface area contributed by atoms with Gasteiger partial charge in [0.25, 0.3) is 0 Å². The molecule has 0 fully saturated rings. The largest absolute Gasteiger partial charge is 0.496 e. The summed E-state index contributed by atoms with van der Waals surface area (Å²) >= 11 is 0. The van der Waals surface area contributed by atoms with Crippen LogP contribution in [0.5, 0.6) is 28.7 Å². The van der Waals surface area contributed by atoms with Gasteiger partial charge in [0, 0.05) is 72.9 Å². The van der Waals surface area contributed by atoms with Crippen LogP contribution in [-0.2, 0) is 77.8 Å². The predicted octanol–water partition coefficient (Wildman–Crippen LogP) is 4.89. The molecule has 2 aliphatic rings. The average Bonchev–Trinajstić information content (AvgIpc) is 3.38. The molecule has 16 nitrogen and oxygen atoms in total. The molecule has 2 heterocycles. The van der Waals surface area contributed by atoms with E-state index in [1.807, 2.05) is 48.5 Å². The van der Waals surface area contributed by atoms with Crippen molar-refractivity contribution in [3.05, 3.63) is 122 Å². The van der Waals surface area contributed by atoms with Crippen LogP contribution in [0.4, 0.5) is 0 Å². The lowest BCUT2D eigenvalue weighted by Crippen LogP contribution is -2.52. The third-order valence-electron chi connectivity index (χ3n) is 14.5. The van der Waals surface area contributed by atoms with Gasteiger partial charge in [0.1, 0.15) is 17.8 Å². The highest BCUT2D eigenvalue weighted by molar-refractivity contribution is 5.91. The third kappa shape index (κ3) is 12.1. The van der Waals surface area contributed by atoms with Gasteiger partial charge in [0.15, 0.2) is 23.0 Å². The number of quaternary nitrogens is 2. The molecule has 5 N–H and O–H groups in total. The molecule has 0 amide bonds. The predicted molar refractivity (Wildman–Crippen MR) is 261 cm³/mol. The van der Waals surface area contributed by atoms with Crippen LogP contribution >= 0.6 is 0 Å². The van der Waals surface area contributed by atoms with Crippen LogP contribution in [0.1, 0.15) is 86.1 Å². The number of ether oxygens (including phenoxy) is 7. The first-order valence-corrected chi connectivity index (χ1v) is 23.8. The van der Waals surface area contributed by atoms with Gasteiger partial charge in [0.2, 0.25) is 0 Å². The minimum absolute atomic E-state index is 0.0343. The minimum atomic E-state index is -0.656. The molecule has 4 aromatic carbocycles. The number of fused-ring (bicyclic) bond motifs is 2. The van der Waals surface area contributed by atoms with Crippen molar-refractivity contribution < 1.29 is 77.2 Å². The fourth-order valence-electron chi connectivity index (χ4n) is 10.6. The molecule has 380 valence electrons. The summed E-state index contributed by atoms with van der Waals surface area (Å²) in [6, 6.07) is 15.6. The standard InChI is InChI=1S/C54H72N2O14/c1-55(16-12-37-26-39(30-57)40(31-58)27-43(37)46(55)22-35-20-41(32-59)45(34-61)48(24-35)64-3)14-8-18-69-52(62)10-11-53(63)70-19-9-15-56(2)17-13-38-28-49(65-4)50(66-5)29-44(38)47(56)23-36-21-42(33-60)54(68-7)51(25-36)67-6/h10-11,20-21,24-29,46-47,57-61H,8-9,12-19,22-23,30-34H2,1-7H3/q+2/t46-,47-,55-,56-/m1/s1. The molecule has 16 heteroatoms. The Morgan fingerprint density at radius 1 is 0.529 bits per heavy atom. The lowest BCUT2D eigenvalue weighted by atomic mass is 9.83. The van der Waals surface area contributed by atoms with Gasteiger partial charge in [-0.05, 0) is 75.3 Å². The summed E-state index contributed by atoms with van der Waals surface area (Å²) in [5, 5.41) is 50.7. The Hall–Kier alpha value is -5.72. The first kappa shape index (κ1) is 53.6. The first-order chi connectivity index (χ1) is 33.7. The Bertz CT molecular complexity index is 2270. The first-order valence-electron chi connectivity index (χ1n) is 23.8. The fourth-order valence-corrected chi connectivity index (χ4v) is 10.6. The van der Waals surface area contributed by atoms with Crippen molar-refractivity contribution in [2.45, 2.75) is 83.6 Å². The van der Waals surface area contributed by atoms with Crippen molar-refractivity contribution in [3.63, 3.8) is 0 Å². The van der Waals surface area contributed by atoms with Gasteiger partial charge < -0.3 is 67.7 Å². The van der Waals surface area contributed by atoms with Crippen LogP contribution in [0.25, 0.3) is 0 Å². The van der Waals surface area contributed by atoms with Crippen molar-refractivity contribution >= 4 is 11.9 Å². The van der Waals surface area contributed by atoms with Crippen molar-refractivity contribution in [3.8, 4) is 28.7 Å². The van der Waals surface area contributed by atoms with E-state index in [0.717, 1.165) is 71.5 Å². The second-order valence-corrected chi connectivity index (χ2v) is 18.6. The second kappa shape index (κ2) is 24.4. The van der Waals surface area contributed by atoms with Crippen LogP contribution in [-0.4, -0.2) is 135 Å². The molecule has 70 heavy (non-hydrogen) atoms. The SMILES string of the molecule is COc1cc2c(cc1OC)[C@@H](Cc1cc(CO)c(OC)c(OC)c1)[N@+](C)(CCCOC(=O)C=CC(=O)OCCC[N@+]1(C)CCc3cc(CO)c(CO)cc3[C@H]1Cc1cc(CO)c(CO)c(OC)c1)CC2. The van der Waals surface area contributed by atoms with Crippen molar-refractivity contribution in [1.82, 2.24) is 0 Å². The Balaban J connectivity index is 1.07. The summed E-state index contributed by atoms with van der Waals surface area (Å²) in [5.41, 5.74) is 9.40. The summed E-state index contributed by atoms with van der Waals surface area (Å²) in [4.78, 5) is 25.7. The summed E-state index contributed by atoms with van der Waals surface area (Å²) in [5.74, 6) is 1.52. The molecule has 0 spiro atoms. The topological polar surface area (TPSA) is 200 Å². The Morgan fingerprint density at radius 2 is 0.986 bits per heavy atom. The van der Waals surface area contributed by atoms with Crippen LogP contribution < -0.4 is 23.7 Å². The number of carbonyl (C=O) groups is 2. The highest BCUT2D eigenvalue weighted by Gasteiger charge is 2.41. The van der Waals surface area contributed by atoms with E-state index in [0.29, 0.717) is 104 Å². The maximum atomic E-state index is 12.9. The quantitative estimate of drug-likeness (QED) is 0.0275. The van der Waals surface area contributed by atoms with Gasteiger partial charge in [0.05, 0.1) is 122 Å². The third-order valence-corrected chi connectivity index (χ3v) is 14.5. The number of hydrogen-bond donors (Lipinski definition) is 5. The van der Waals surface area contributed by atoms with E-state index in [4.69, 9.17) is 33.2 Å². The molecule has 0 radical (unpaired) electrons. The van der Waals surface area contributed by atoms with Crippen molar-refractivity contribution in [2.75, 3.05) is 89.0 Å². The van der Waals surface area contributed by atoms with Gasteiger partial charge in [-0.2, -0.15) is 0 Å². The molecule has 0 aromatic heterocycles. The van der Waals surface area contributed by atoms with Crippen molar-refractivity contribution in [2.24, 2.45) is 0 Å². The molecular formula is C54H72N2O14+2. The Kier molecular flexibility index (Phi) is 18.7. The van der Waals surface area contributed by atoms with Crippen LogP contribution in [0, 0.1) is 0 Å². The van der Waals surface area contributed by atoms with Gasteiger partial charge in [-0.15, -0.1) is 0 Å². The lowest BCUT2D eigenvalue weighted by molar-refractivity contribution is -0.941. The van der Waals surface area contributed by atoms with Crippen LogP contribution in [0.3, 0.4) is 0 Å². The van der Waals surface area contributed by atoms with E-state index in [1.165, 1.54) is 7.11 Å². The number of nitrogens with zero attached hydrogens (tertiary/aromatic N) is 2. The van der Waals surface area contributed by atoms with E-state index in [9.17, 15) is 35.1 Å². The smallest absolute Gasteiger partial charge is 0.331 e. The summed E-state index contributed by atoms with van der Waals surface area (Å²) in [6.07, 6.45) is 5.98. The van der Waals surface area contributed by atoms with E-state index in [1.54, 1.807) is 28.4 Å². The van der Waals surface area contributed by atoms with Crippen LogP contribution in [0.2, 0.25) is 0 Å². The molecule has 6 rings (SSSR count). The molecule has 0 saturated carbocycles. The summed E-state index contributed by atoms with van der Waals surface area (Å²) < 4.78 is 40.6. The Labute approximate surface area is 411 Å². The van der Waals surface area contributed by atoms with Gasteiger partial charge in [-0.3, -0.25) is 0 Å². The number of likely N-dealkylation sites (N-methyl/N-ethyl adjacent to an activating group) is 2. The average molecular weight is 973 g/mol. The molecule has 0 saturated heterocycles. The maximum absolute atomic E-state index is 12.9. The van der Waals surface area contributed by atoms with Gasteiger partial charge in [-0.25, -0.2) is 9.59 Å². The minimum Gasteiger partial charge on any atom is -0.496 e. The number of methoxy groups -OCH3 is 5. The number of benzene rings is 4. The number of hydrogen-bond acceptors (Lipinski definition) is 14. The number of esters is 2. The Morgan fingerprint density at radius 3 is 1.47 bits per heavy atom. The van der Waals surface area contributed by atoms with Crippen LogP contribution in [0.15, 0.2) is 60.7 Å². The highest BCUT2D eigenvalue weighted by Crippen LogP contribution is 2.44. The van der Waals surface area contributed by atoms with E-state index in [-0.39, 0.29) is 58.3 Å². The van der Waals surface area contributed by atoms with E-state index < -0.39 is 11.9 Å². The normalized spacial score (nSPS) is 19.5. The molecule has 0 aliphatic carbocycles. The van der Waals surface area contributed by atoms with E-state index in [2.05, 4.69) is 14.1 Å². The molecule has 4 atom stereocenters. The van der Waals surface area contributed by atoms with E-state index >= 15 is 0 Å².